The fourth-order valence-electron chi connectivity index (χ4n) is 4.14. The van der Waals surface area contributed by atoms with Gasteiger partial charge in [-0.3, -0.25) is 0 Å². The predicted molar refractivity (Wildman–Crippen MR) is 111 cm³/mol. The number of hydrogen-bond donors (Lipinski definition) is 0. The molecule has 0 amide bonds. The van der Waals surface area contributed by atoms with E-state index < -0.39 is 0 Å². The number of fused-ring (bicyclic) bond motifs is 2. The molecule has 25 heavy (non-hydrogen) atoms. The zero-order valence-corrected chi connectivity index (χ0v) is 20.8. The zero-order valence-electron chi connectivity index (χ0n) is 17.2. The van der Waals surface area contributed by atoms with E-state index in [1.54, 1.807) is 16.7 Å². The van der Waals surface area contributed by atoms with Gasteiger partial charge in [0.15, 0.2) is 0 Å². The van der Waals surface area contributed by atoms with Gasteiger partial charge in [-0.05, 0) is 18.3 Å². The van der Waals surface area contributed by atoms with Crippen LogP contribution in [0, 0.1) is 20.3 Å². The molecule has 2 aromatic carbocycles. The first-order chi connectivity index (χ1) is 10.6. The van der Waals surface area contributed by atoms with Gasteiger partial charge in [-0.2, -0.15) is 6.07 Å². The summed E-state index contributed by atoms with van der Waals surface area (Å²) in [6.07, 6.45) is 12.1. The molecule has 0 heterocycles. The Hall–Kier alpha value is -0.300. The smallest absolute Gasteiger partial charge is 0 e. The SMILES string of the molecule is CCCCCCCC[c-]1ccc2cc3c(cc21)CC(C)(C)C3.[CH3-].[CH3-].[Hf]. The van der Waals surface area contributed by atoms with Crippen molar-refractivity contribution in [1.82, 2.24) is 0 Å². The monoisotopic (exact) mass is 505 g/mol. The van der Waals surface area contributed by atoms with E-state index >= 15 is 0 Å². The summed E-state index contributed by atoms with van der Waals surface area (Å²) in [6, 6.07) is 9.68. The Morgan fingerprint density at radius 1 is 0.920 bits per heavy atom. The molecule has 0 atom stereocenters. The summed E-state index contributed by atoms with van der Waals surface area (Å²) in [5.74, 6) is 0. The molecule has 0 saturated carbocycles. The van der Waals surface area contributed by atoms with Gasteiger partial charge in [0.2, 0.25) is 0 Å². The zero-order chi connectivity index (χ0) is 15.6. The molecule has 3 rings (SSSR count). The summed E-state index contributed by atoms with van der Waals surface area (Å²) in [6.45, 7) is 7.08. The van der Waals surface area contributed by atoms with Gasteiger partial charge in [0, 0.05) is 25.8 Å². The average Bonchev–Trinajstić information content (AvgIpc) is 2.98. The molecule has 0 bridgehead atoms. The molecule has 2 aromatic rings. The van der Waals surface area contributed by atoms with Crippen LogP contribution >= 0.6 is 0 Å². The van der Waals surface area contributed by atoms with Crippen LogP contribution in [0.2, 0.25) is 0 Å². The summed E-state index contributed by atoms with van der Waals surface area (Å²) < 4.78 is 0. The van der Waals surface area contributed by atoms with Gasteiger partial charge in [0.1, 0.15) is 0 Å². The minimum atomic E-state index is 0. The van der Waals surface area contributed by atoms with E-state index in [-0.39, 0.29) is 40.7 Å². The van der Waals surface area contributed by atoms with Crippen molar-refractivity contribution in [2.45, 2.75) is 78.6 Å². The van der Waals surface area contributed by atoms with Gasteiger partial charge in [0.25, 0.3) is 0 Å². The van der Waals surface area contributed by atoms with E-state index in [4.69, 9.17) is 0 Å². The number of unbranched alkanes of at least 4 members (excludes halogenated alkanes) is 5. The van der Waals surface area contributed by atoms with Crippen LogP contribution in [0.4, 0.5) is 0 Å². The summed E-state index contributed by atoms with van der Waals surface area (Å²) in [5, 5.41) is 3.00. The number of benzene rings is 1. The molecule has 140 valence electrons. The molecule has 0 N–H and O–H groups in total. The van der Waals surface area contributed by atoms with Crippen LogP contribution in [-0.4, -0.2) is 0 Å². The largest absolute Gasteiger partial charge is 0.358 e. The first-order valence-corrected chi connectivity index (χ1v) is 9.29. The molecule has 0 unspecified atom stereocenters. The van der Waals surface area contributed by atoms with E-state index in [1.165, 1.54) is 68.6 Å². The Balaban J connectivity index is 0.00000192. The van der Waals surface area contributed by atoms with Crippen molar-refractivity contribution in [2.24, 2.45) is 5.41 Å². The molecule has 0 spiro atoms. The maximum absolute atomic E-state index is 2.51. The second kappa shape index (κ2) is 10.8. The van der Waals surface area contributed by atoms with E-state index in [0.29, 0.717) is 5.41 Å². The van der Waals surface area contributed by atoms with E-state index in [9.17, 15) is 0 Å². The minimum absolute atomic E-state index is 0. The predicted octanol–water partition coefficient (Wildman–Crippen LogP) is 7.48. The van der Waals surface area contributed by atoms with Crippen LogP contribution in [0.3, 0.4) is 0 Å². The Kier molecular flexibility index (Phi) is 10.6. The third kappa shape index (κ3) is 6.12. The normalized spacial score (nSPS) is 14.4. The quantitative estimate of drug-likeness (QED) is 0.209. The van der Waals surface area contributed by atoms with Crippen LogP contribution < -0.4 is 0 Å². The maximum atomic E-state index is 2.51. The summed E-state index contributed by atoms with van der Waals surface area (Å²) in [5.41, 5.74) is 5.24. The summed E-state index contributed by atoms with van der Waals surface area (Å²) >= 11 is 0. The molecule has 0 saturated heterocycles. The van der Waals surface area contributed by atoms with Crippen molar-refractivity contribution in [3.8, 4) is 0 Å². The molecule has 1 aliphatic carbocycles. The third-order valence-corrected chi connectivity index (χ3v) is 5.32. The molecule has 0 aromatic heterocycles. The van der Waals surface area contributed by atoms with Crippen LogP contribution in [-0.2, 0) is 45.1 Å². The molecule has 0 aliphatic heterocycles. The van der Waals surface area contributed by atoms with Gasteiger partial charge < -0.3 is 14.9 Å². The number of hydrogen-bond acceptors (Lipinski definition) is 0. The fraction of sp³-hybridized carbons (Fsp3) is 0.542. The standard InChI is InChI=1S/C22H31.2CH3.Hf/c1-4-5-6-7-8-9-10-17-11-12-18-13-19-15-22(2,3)16-20(19)14-21(17)18;;;/h11-14H,4-10,15-16H2,1-3H3;2*1H3;/q3*-1;. The third-order valence-electron chi connectivity index (χ3n) is 5.32. The fourth-order valence-corrected chi connectivity index (χ4v) is 4.14. The second-order valence-electron chi connectivity index (χ2n) is 8.10. The van der Waals surface area contributed by atoms with Crippen LogP contribution in [0.15, 0.2) is 24.3 Å². The Morgan fingerprint density at radius 2 is 1.52 bits per heavy atom. The Morgan fingerprint density at radius 3 is 2.20 bits per heavy atom. The molecular formula is C24H37Hf-3. The summed E-state index contributed by atoms with van der Waals surface area (Å²) in [7, 11) is 0. The Labute approximate surface area is 175 Å². The first kappa shape index (κ1) is 24.7. The second-order valence-corrected chi connectivity index (χ2v) is 8.10. The molecule has 0 nitrogen and oxygen atoms in total. The van der Waals surface area contributed by atoms with Crippen molar-refractivity contribution in [3.05, 3.63) is 55.8 Å². The molecule has 0 fully saturated rings. The van der Waals surface area contributed by atoms with Gasteiger partial charge >= 0.3 is 0 Å². The first-order valence-electron chi connectivity index (χ1n) is 9.29. The molecule has 1 aliphatic rings. The topological polar surface area (TPSA) is 0 Å². The number of aryl methyl sites for hydroxylation is 1. The van der Waals surface area contributed by atoms with Crippen molar-refractivity contribution in [2.75, 3.05) is 0 Å². The van der Waals surface area contributed by atoms with Crippen molar-refractivity contribution >= 4 is 10.8 Å². The van der Waals surface area contributed by atoms with E-state index in [2.05, 4.69) is 45.0 Å². The molecule has 0 radical (unpaired) electrons. The van der Waals surface area contributed by atoms with E-state index in [1.807, 2.05) is 0 Å². The van der Waals surface area contributed by atoms with Crippen molar-refractivity contribution in [3.63, 3.8) is 0 Å². The van der Waals surface area contributed by atoms with Crippen LogP contribution in [0.25, 0.3) is 10.8 Å². The summed E-state index contributed by atoms with van der Waals surface area (Å²) in [4.78, 5) is 0. The minimum Gasteiger partial charge on any atom is -0.358 e. The van der Waals surface area contributed by atoms with Gasteiger partial charge in [-0.25, -0.2) is 0 Å². The molecular weight excluding hydrogens is 467 g/mol. The maximum Gasteiger partial charge on any atom is 0 e. The van der Waals surface area contributed by atoms with Gasteiger partial charge in [-0.1, -0.05) is 76.8 Å². The van der Waals surface area contributed by atoms with Crippen molar-refractivity contribution in [1.29, 1.82) is 0 Å². The molecule has 1 heteroatoms. The van der Waals surface area contributed by atoms with Crippen LogP contribution in [0.1, 0.15) is 76.0 Å². The van der Waals surface area contributed by atoms with Crippen LogP contribution in [0.5, 0.6) is 0 Å². The van der Waals surface area contributed by atoms with Crippen molar-refractivity contribution < 1.29 is 25.8 Å². The van der Waals surface area contributed by atoms with Gasteiger partial charge in [-0.15, -0.1) is 34.5 Å². The average molecular weight is 504 g/mol. The van der Waals surface area contributed by atoms with E-state index in [0.717, 1.165) is 0 Å². The van der Waals surface area contributed by atoms with Gasteiger partial charge in [0.05, 0.1) is 0 Å². The number of rotatable bonds is 7. The Bertz CT molecular complexity index is 633.